The van der Waals surface area contributed by atoms with Crippen molar-refractivity contribution in [2.45, 2.75) is 32.1 Å². The minimum atomic E-state index is -0.304. The van der Waals surface area contributed by atoms with Gasteiger partial charge >= 0.3 is 0 Å². The van der Waals surface area contributed by atoms with E-state index in [-0.39, 0.29) is 11.9 Å². The van der Waals surface area contributed by atoms with Gasteiger partial charge in [0.2, 0.25) is 0 Å². The van der Waals surface area contributed by atoms with Crippen molar-refractivity contribution in [1.29, 1.82) is 0 Å². The van der Waals surface area contributed by atoms with Crippen LogP contribution >= 0.6 is 23.4 Å². The second-order valence-corrected chi connectivity index (χ2v) is 5.12. The summed E-state index contributed by atoms with van der Waals surface area (Å²) in [6.45, 7) is 4.03. The van der Waals surface area contributed by atoms with Crippen molar-refractivity contribution in [3.8, 4) is 0 Å². The molecule has 94 valence electrons. The largest absolute Gasteiger partial charge is 0.379 e. The lowest BCUT2D eigenvalue weighted by molar-refractivity contribution is 0.617. The minimum absolute atomic E-state index is 0.193. The van der Waals surface area contributed by atoms with Crippen molar-refractivity contribution in [1.82, 2.24) is 0 Å². The Kier molecular flexibility index (Phi) is 5.78. The van der Waals surface area contributed by atoms with E-state index in [4.69, 9.17) is 17.3 Å². The average molecular weight is 275 g/mol. The molecule has 0 heterocycles. The van der Waals surface area contributed by atoms with Gasteiger partial charge in [0.05, 0.1) is 0 Å². The third kappa shape index (κ3) is 4.56. The SMILES string of the molecule is CC[C@@H](C)N=C(N)SCc1c(F)cccc1Cl. The van der Waals surface area contributed by atoms with Crippen LogP contribution in [-0.4, -0.2) is 11.2 Å². The molecule has 0 saturated heterocycles. The predicted octanol–water partition coefficient (Wildman–Crippen LogP) is 3.83. The Morgan fingerprint density at radius 1 is 1.59 bits per heavy atom. The zero-order chi connectivity index (χ0) is 12.8. The van der Waals surface area contributed by atoms with Crippen LogP contribution in [0.2, 0.25) is 5.02 Å². The first kappa shape index (κ1) is 14.3. The normalized spacial score (nSPS) is 13.8. The Morgan fingerprint density at radius 3 is 2.88 bits per heavy atom. The number of hydrogen-bond donors (Lipinski definition) is 1. The Labute approximate surface area is 110 Å². The van der Waals surface area contributed by atoms with E-state index < -0.39 is 0 Å². The van der Waals surface area contributed by atoms with Gasteiger partial charge in [-0.1, -0.05) is 36.4 Å². The number of hydrogen-bond acceptors (Lipinski definition) is 2. The summed E-state index contributed by atoms with van der Waals surface area (Å²) in [6.07, 6.45) is 0.932. The van der Waals surface area contributed by atoms with Crippen LogP contribution < -0.4 is 5.73 Å². The molecule has 1 rings (SSSR count). The van der Waals surface area contributed by atoms with E-state index in [0.717, 1.165) is 6.42 Å². The van der Waals surface area contributed by atoms with Gasteiger partial charge in [0, 0.05) is 22.4 Å². The molecule has 0 aliphatic carbocycles. The molecule has 0 unspecified atom stereocenters. The number of rotatable bonds is 4. The lowest BCUT2D eigenvalue weighted by atomic mass is 10.2. The fourth-order valence-corrected chi connectivity index (χ4v) is 2.31. The highest BCUT2D eigenvalue weighted by molar-refractivity contribution is 8.13. The monoisotopic (exact) mass is 274 g/mol. The summed E-state index contributed by atoms with van der Waals surface area (Å²) in [6, 6.07) is 4.84. The van der Waals surface area contributed by atoms with Crippen molar-refractivity contribution in [2.75, 3.05) is 0 Å². The fraction of sp³-hybridized carbons (Fsp3) is 0.417. The van der Waals surface area contributed by atoms with E-state index in [1.807, 2.05) is 13.8 Å². The molecule has 0 spiro atoms. The molecule has 0 fully saturated rings. The summed E-state index contributed by atoms with van der Waals surface area (Å²) in [5.41, 5.74) is 6.22. The zero-order valence-electron chi connectivity index (χ0n) is 9.91. The summed E-state index contributed by atoms with van der Waals surface area (Å²) >= 11 is 7.22. The molecule has 0 aliphatic heterocycles. The second-order valence-electron chi connectivity index (χ2n) is 3.71. The number of aliphatic imine (C=N–C) groups is 1. The van der Waals surface area contributed by atoms with Crippen LogP contribution in [0.4, 0.5) is 4.39 Å². The first-order valence-electron chi connectivity index (χ1n) is 5.43. The molecule has 1 aromatic rings. The molecule has 1 atom stereocenters. The van der Waals surface area contributed by atoms with Crippen LogP contribution in [0.3, 0.4) is 0 Å². The van der Waals surface area contributed by atoms with Crippen molar-refractivity contribution in [3.63, 3.8) is 0 Å². The molecule has 0 aliphatic rings. The van der Waals surface area contributed by atoms with Gasteiger partial charge in [-0.2, -0.15) is 0 Å². The lowest BCUT2D eigenvalue weighted by Crippen LogP contribution is -2.11. The van der Waals surface area contributed by atoms with Crippen LogP contribution in [-0.2, 0) is 5.75 Å². The number of amidine groups is 1. The van der Waals surface area contributed by atoms with E-state index >= 15 is 0 Å². The van der Waals surface area contributed by atoms with Crippen molar-refractivity contribution in [3.05, 3.63) is 34.6 Å². The quantitative estimate of drug-likeness (QED) is 0.669. The Morgan fingerprint density at radius 2 is 2.29 bits per heavy atom. The van der Waals surface area contributed by atoms with Gasteiger partial charge in [0.15, 0.2) is 5.17 Å². The maximum atomic E-state index is 13.5. The van der Waals surface area contributed by atoms with E-state index in [1.54, 1.807) is 12.1 Å². The standard InChI is InChI=1S/C12H16ClFN2S/c1-3-8(2)16-12(15)17-7-9-10(13)5-4-6-11(9)14/h4-6,8H,3,7H2,1-2H3,(H2,15,16)/t8-/m1/s1. The molecule has 2 N–H and O–H groups in total. The number of halogens is 2. The molecule has 0 radical (unpaired) electrons. The van der Waals surface area contributed by atoms with Gasteiger partial charge in [-0.05, 0) is 25.5 Å². The number of thioether (sulfide) groups is 1. The zero-order valence-corrected chi connectivity index (χ0v) is 11.5. The van der Waals surface area contributed by atoms with Crippen LogP contribution in [0, 0.1) is 5.82 Å². The van der Waals surface area contributed by atoms with Crippen LogP contribution in [0.5, 0.6) is 0 Å². The first-order chi connectivity index (χ1) is 8.04. The summed E-state index contributed by atoms with van der Waals surface area (Å²) in [5, 5.41) is 0.896. The topological polar surface area (TPSA) is 38.4 Å². The molecular formula is C12H16ClFN2S. The van der Waals surface area contributed by atoms with E-state index in [0.29, 0.717) is 21.5 Å². The van der Waals surface area contributed by atoms with Crippen LogP contribution in [0.1, 0.15) is 25.8 Å². The van der Waals surface area contributed by atoms with Gasteiger partial charge in [-0.25, -0.2) is 4.39 Å². The van der Waals surface area contributed by atoms with Crippen LogP contribution in [0.25, 0.3) is 0 Å². The Balaban J connectivity index is 2.65. The van der Waals surface area contributed by atoms with Crippen molar-refractivity contribution in [2.24, 2.45) is 10.7 Å². The third-order valence-electron chi connectivity index (χ3n) is 2.36. The van der Waals surface area contributed by atoms with E-state index in [9.17, 15) is 4.39 Å². The van der Waals surface area contributed by atoms with E-state index in [2.05, 4.69) is 4.99 Å². The van der Waals surface area contributed by atoms with Gasteiger partial charge in [-0.15, -0.1) is 0 Å². The van der Waals surface area contributed by atoms with Crippen molar-refractivity contribution < 1.29 is 4.39 Å². The van der Waals surface area contributed by atoms with Gasteiger partial charge < -0.3 is 5.73 Å². The summed E-state index contributed by atoms with van der Waals surface area (Å²) in [4.78, 5) is 4.26. The maximum absolute atomic E-state index is 13.5. The van der Waals surface area contributed by atoms with Gasteiger partial charge in [0.1, 0.15) is 5.82 Å². The van der Waals surface area contributed by atoms with E-state index in [1.165, 1.54) is 17.8 Å². The summed E-state index contributed by atoms with van der Waals surface area (Å²) in [7, 11) is 0. The predicted molar refractivity (Wildman–Crippen MR) is 74.1 cm³/mol. The van der Waals surface area contributed by atoms with Crippen molar-refractivity contribution >= 4 is 28.5 Å². The highest BCUT2D eigenvalue weighted by atomic mass is 35.5. The van der Waals surface area contributed by atoms with Gasteiger partial charge in [-0.3, -0.25) is 4.99 Å². The highest BCUT2D eigenvalue weighted by Crippen LogP contribution is 2.23. The molecule has 2 nitrogen and oxygen atoms in total. The third-order valence-corrected chi connectivity index (χ3v) is 3.55. The Hall–Kier alpha value is -0.740. The summed E-state index contributed by atoms with van der Waals surface area (Å²) < 4.78 is 13.5. The lowest BCUT2D eigenvalue weighted by Gasteiger charge is -2.07. The molecule has 0 bridgehead atoms. The van der Waals surface area contributed by atoms with Crippen LogP contribution in [0.15, 0.2) is 23.2 Å². The smallest absolute Gasteiger partial charge is 0.154 e. The molecule has 0 saturated carbocycles. The maximum Gasteiger partial charge on any atom is 0.154 e. The highest BCUT2D eigenvalue weighted by Gasteiger charge is 2.08. The molecule has 5 heteroatoms. The molecule has 0 amide bonds. The molecule has 0 aromatic heterocycles. The summed E-state index contributed by atoms with van der Waals surface area (Å²) in [5.74, 6) is 0.0958. The first-order valence-corrected chi connectivity index (χ1v) is 6.80. The Bertz CT molecular complexity index is 389. The number of nitrogens with two attached hydrogens (primary N) is 1. The second kappa shape index (κ2) is 6.87. The van der Waals surface area contributed by atoms with Gasteiger partial charge in [0.25, 0.3) is 0 Å². The average Bonchev–Trinajstić information content (AvgIpc) is 2.28. The minimum Gasteiger partial charge on any atom is -0.379 e. The molecule has 17 heavy (non-hydrogen) atoms. The number of nitrogens with zero attached hydrogens (tertiary/aromatic N) is 1. The fourth-order valence-electron chi connectivity index (χ4n) is 1.16. The molecular weight excluding hydrogens is 259 g/mol. The molecule has 1 aromatic carbocycles. The number of benzene rings is 1.